The van der Waals surface area contributed by atoms with Crippen molar-refractivity contribution >= 4 is 59.1 Å². The van der Waals surface area contributed by atoms with E-state index < -0.39 is 71.8 Å². The second-order valence-corrected chi connectivity index (χ2v) is 21.4. The molecule has 0 saturated carbocycles. The van der Waals surface area contributed by atoms with Gasteiger partial charge in [-0.05, 0) is 93.3 Å². The molecule has 6 atom stereocenters. The monoisotopic (exact) mass is 1300 g/mol. The molecule has 0 aliphatic rings. The van der Waals surface area contributed by atoms with Gasteiger partial charge in [0.1, 0.15) is 36.3 Å². The molecule has 4 aromatic heterocycles. The average Bonchev–Trinajstić information content (AvgIpc) is 2.64. The summed E-state index contributed by atoms with van der Waals surface area (Å²) in [5, 5.41) is 70.6. The van der Waals surface area contributed by atoms with Crippen molar-refractivity contribution in [2.75, 3.05) is 26.2 Å². The third kappa shape index (κ3) is 29.1. The number of aromatic hydroxyl groups is 4. The highest BCUT2D eigenvalue weighted by molar-refractivity contribution is 5.92. The Kier molecular flexibility index (Phi) is 32.1. The van der Waals surface area contributed by atoms with Crippen LogP contribution in [-0.2, 0) is 86.5 Å². The Bertz CT molecular complexity index is 3310. The predicted molar refractivity (Wildman–Crippen MR) is 334 cm³/mol. The van der Waals surface area contributed by atoms with Gasteiger partial charge < -0.3 is 99.1 Å². The molecule has 33 heteroatoms. The highest BCUT2D eigenvalue weighted by atomic mass is 16.4. The van der Waals surface area contributed by atoms with E-state index in [2.05, 4.69) is 87.7 Å². The van der Waals surface area contributed by atoms with Crippen LogP contribution in [0.4, 0.5) is 0 Å². The summed E-state index contributed by atoms with van der Waals surface area (Å²) in [7, 11) is 0. The van der Waals surface area contributed by atoms with Crippen molar-refractivity contribution in [3.05, 3.63) is 120 Å². The number of imidazole rings is 4. The summed E-state index contributed by atoms with van der Waals surface area (Å²) in [6.45, 7) is 6.46. The third-order valence-electron chi connectivity index (χ3n) is 13.6. The van der Waals surface area contributed by atoms with Gasteiger partial charge >= 0.3 is 5.97 Å². The summed E-state index contributed by atoms with van der Waals surface area (Å²) in [6.07, 6.45) is 15.9. The summed E-state index contributed by atoms with van der Waals surface area (Å²) < 4.78 is 0. The Balaban J connectivity index is 0.000000346. The van der Waals surface area contributed by atoms with Crippen LogP contribution in [0.25, 0.3) is 0 Å². The first-order chi connectivity index (χ1) is 44.4. The third-order valence-corrected chi connectivity index (χ3v) is 13.6. The zero-order valence-electron chi connectivity index (χ0n) is 52.0. The number of phenols is 4. The number of carboxylic acid groups (broad SMARTS) is 1. The highest BCUT2D eigenvalue weighted by Crippen LogP contribution is 2.26. The fourth-order valence-electron chi connectivity index (χ4n) is 9.04. The Morgan fingerprint density at radius 1 is 0.409 bits per heavy atom. The van der Waals surface area contributed by atoms with E-state index in [4.69, 9.17) is 15.9 Å². The summed E-state index contributed by atoms with van der Waals surface area (Å²) >= 11 is 0. The zero-order valence-corrected chi connectivity index (χ0v) is 52.0. The molecular formula is C60H84N18O15. The van der Waals surface area contributed by atoms with Crippen molar-refractivity contribution in [3.8, 4) is 23.0 Å². The van der Waals surface area contributed by atoms with Gasteiger partial charge in [0.15, 0.2) is 23.0 Å². The number of aromatic nitrogens is 8. The normalized spacial score (nSPS) is 12.6. The number of carbonyl (C=O) groups is 10. The maximum absolute atomic E-state index is 13.3. The first-order valence-corrected chi connectivity index (χ1v) is 29.8. The minimum atomic E-state index is -1.21. The van der Waals surface area contributed by atoms with E-state index in [1.54, 1.807) is 24.5 Å². The molecule has 20 N–H and O–H groups in total. The Morgan fingerprint density at radius 3 is 1.05 bits per heavy atom. The van der Waals surface area contributed by atoms with Crippen LogP contribution in [0.2, 0.25) is 0 Å². The number of carboxylic acids is 1. The molecule has 0 saturated heterocycles. The smallest absolute Gasteiger partial charge is 0.326 e. The molecule has 4 heterocycles. The predicted octanol–water partition coefficient (Wildman–Crippen LogP) is -1.15. The number of carbonyl (C=O) groups excluding carboxylic acids is 9. The first kappa shape index (κ1) is 74.6. The largest absolute Gasteiger partial charge is 0.504 e. The summed E-state index contributed by atoms with van der Waals surface area (Å²) in [6, 6.07) is 3.44. The number of amides is 9. The number of unbranched alkanes of at least 4 members (excludes halogenated alkanes) is 2. The molecule has 6 unspecified atom stereocenters. The number of hydrogen-bond donors (Lipinski definition) is 19. The van der Waals surface area contributed by atoms with Crippen LogP contribution in [0.1, 0.15) is 100 Å². The van der Waals surface area contributed by atoms with Gasteiger partial charge in [-0.15, -0.1) is 0 Å². The van der Waals surface area contributed by atoms with Crippen LogP contribution in [0.5, 0.6) is 23.0 Å². The molecule has 2 aromatic carbocycles. The first-order valence-electron chi connectivity index (χ1n) is 29.8. The molecule has 0 radical (unpaired) electrons. The molecular weight excluding hydrogens is 1210 g/mol. The molecule has 0 fully saturated rings. The molecule has 504 valence electrons. The van der Waals surface area contributed by atoms with E-state index in [-0.39, 0.29) is 105 Å². The van der Waals surface area contributed by atoms with Gasteiger partial charge in [-0.25, -0.2) is 24.7 Å². The van der Waals surface area contributed by atoms with Crippen LogP contribution in [-0.4, -0.2) is 187 Å². The van der Waals surface area contributed by atoms with Crippen LogP contribution >= 0.6 is 0 Å². The fourth-order valence-corrected chi connectivity index (χ4v) is 9.04. The number of nitrogens with two attached hydrogens (primary N) is 1. The maximum Gasteiger partial charge on any atom is 0.326 e. The number of nitrogens with one attached hydrogen (secondary N) is 13. The van der Waals surface area contributed by atoms with Gasteiger partial charge in [0, 0.05) is 121 Å². The van der Waals surface area contributed by atoms with Crippen molar-refractivity contribution < 1.29 is 73.5 Å². The van der Waals surface area contributed by atoms with E-state index in [1.807, 2.05) is 0 Å². The van der Waals surface area contributed by atoms with Gasteiger partial charge in [0.2, 0.25) is 53.2 Å². The second kappa shape index (κ2) is 40.0. The van der Waals surface area contributed by atoms with E-state index >= 15 is 0 Å². The topological polar surface area (TPSA) is 521 Å². The number of aliphatic carboxylic acids is 1. The van der Waals surface area contributed by atoms with Crippen molar-refractivity contribution in [2.24, 2.45) is 5.73 Å². The second-order valence-electron chi connectivity index (χ2n) is 21.4. The molecule has 6 rings (SSSR count). The lowest BCUT2D eigenvalue weighted by Crippen LogP contribution is -2.54. The fraction of sp³-hybridized carbons (Fsp3) is 0.433. The summed E-state index contributed by atoms with van der Waals surface area (Å²) in [5.74, 6) is -5.83. The summed E-state index contributed by atoms with van der Waals surface area (Å²) in [4.78, 5) is 150. The van der Waals surface area contributed by atoms with Crippen LogP contribution < -0.4 is 53.6 Å². The van der Waals surface area contributed by atoms with E-state index in [1.165, 1.54) is 89.7 Å². The number of aromatic amines is 4. The number of hydrogen-bond acceptors (Lipinski definition) is 19. The number of rotatable bonds is 35. The Hall–Kier alpha value is -10.9. The van der Waals surface area contributed by atoms with Gasteiger partial charge in [-0.1, -0.05) is 12.1 Å². The van der Waals surface area contributed by atoms with Crippen molar-refractivity contribution in [1.29, 1.82) is 0 Å². The van der Waals surface area contributed by atoms with E-state index in [0.717, 1.165) is 5.56 Å². The lowest BCUT2D eigenvalue weighted by atomic mass is 10.1. The Labute approximate surface area is 534 Å². The SMILES string of the molecule is CC(=O)NC(Cc1cnc[nH]1)C(=O)NCCCCC(NC(=O)C(Cc1cnc[nH]1)NC(C)=O)C(=O)NCCc1ccc(O)c(O)c1.CC(=O)NC(Cc1cnc[nH]1)C(=O)NCCCCC(NC(=O)C(Cc1cnc[nH]1)NC(C)=O)C(=O)O.NCCc1ccc(O)c(O)c1. The number of H-pyrrole nitrogens is 4. The maximum atomic E-state index is 13.3. The van der Waals surface area contributed by atoms with E-state index in [9.17, 15) is 63.3 Å². The number of benzene rings is 2. The molecule has 33 nitrogen and oxygen atoms in total. The zero-order chi connectivity index (χ0) is 68.2. The molecule has 0 aliphatic heterocycles. The number of phenolic OH excluding ortho intramolecular Hbond substituents is 4. The molecule has 6 aromatic rings. The lowest BCUT2D eigenvalue weighted by molar-refractivity contribution is -0.142. The standard InChI is InChI=1S/C30H41N9O7.C22H32N8O6.C8H11NO2/c1-18(40)37-24(12-21-14-31-16-35-21)29(45)33-9-4-3-5-23(28(44)34-10-8-20-6-7-26(42)27(43)11-20)39-30(46)25(38-19(2)41)13-22-15-32-17-36-22;1-13(31)28-18(7-15-9-23-11-26-15)20(33)25-6-4-3-5-17(22(35)36)30-21(34)19(29-14(2)32)8-16-10-24-12-27-16;9-4-3-6-1-2-7(10)8(11)5-6/h6-7,11,14-17,23-25,42-43H,3-5,8-10,12-13H2,1-2H3,(H,31,35)(H,32,36)(H,33,45)(H,34,44)(H,37,40)(H,38,41)(H,39,46);9-12,17-19H,3-8H2,1-2H3,(H,23,26)(H,24,27)(H,25,33)(H,28,31)(H,29,32)(H,30,34)(H,35,36);1-2,5,10-11H,3-4,9H2. The van der Waals surface area contributed by atoms with E-state index in [0.29, 0.717) is 73.4 Å². The van der Waals surface area contributed by atoms with Crippen LogP contribution in [0.15, 0.2) is 86.5 Å². The van der Waals surface area contributed by atoms with Crippen LogP contribution in [0.3, 0.4) is 0 Å². The van der Waals surface area contributed by atoms with Gasteiger partial charge in [-0.2, -0.15) is 0 Å². The Morgan fingerprint density at radius 2 is 0.731 bits per heavy atom. The minimum absolute atomic E-state index is 0.0871. The molecule has 0 bridgehead atoms. The quantitative estimate of drug-likeness (QED) is 0.0165. The molecule has 9 amide bonds. The van der Waals surface area contributed by atoms with Crippen molar-refractivity contribution in [3.63, 3.8) is 0 Å². The van der Waals surface area contributed by atoms with Gasteiger partial charge in [0.25, 0.3) is 0 Å². The van der Waals surface area contributed by atoms with Crippen molar-refractivity contribution in [2.45, 2.75) is 141 Å². The van der Waals surface area contributed by atoms with Gasteiger partial charge in [0.05, 0.1) is 25.3 Å². The van der Waals surface area contributed by atoms with Crippen molar-refractivity contribution in [1.82, 2.24) is 87.7 Å². The minimum Gasteiger partial charge on any atom is -0.504 e. The summed E-state index contributed by atoms with van der Waals surface area (Å²) in [5.41, 5.74) is 9.52. The molecule has 93 heavy (non-hydrogen) atoms. The lowest BCUT2D eigenvalue weighted by Gasteiger charge is -2.23. The highest BCUT2D eigenvalue weighted by Gasteiger charge is 2.29. The molecule has 0 spiro atoms. The average molecular weight is 1300 g/mol. The molecule has 0 aliphatic carbocycles. The van der Waals surface area contributed by atoms with Gasteiger partial charge in [-0.3, -0.25) is 43.2 Å². The number of nitrogens with zero attached hydrogens (tertiary/aromatic N) is 4. The van der Waals surface area contributed by atoms with Crippen LogP contribution in [0, 0.1) is 0 Å².